The van der Waals surface area contributed by atoms with Crippen LogP contribution < -0.4 is 10.3 Å². The SMILES string of the molecule is CN1N=NC(N(Cc2cc(C(F)(F)F)cc(C(F)(F)F)c2)[C@H]2CCCN(CCC(C)(C)CC(=O)O)c3cc4c(cc32)CCCC4)N1. The third kappa shape index (κ3) is 7.93. The first kappa shape index (κ1) is 34.0. The predicted octanol–water partition coefficient (Wildman–Crippen LogP) is 7.74. The van der Waals surface area contributed by atoms with Gasteiger partial charge in [-0.25, -0.2) is 5.12 Å². The van der Waals surface area contributed by atoms with Crippen molar-refractivity contribution >= 4 is 11.7 Å². The minimum Gasteiger partial charge on any atom is -0.481 e. The summed E-state index contributed by atoms with van der Waals surface area (Å²) in [6.45, 7) is 4.87. The van der Waals surface area contributed by atoms with Gasteiger partial charge in [-0.2, -0.15) is 31.8 Å². The molecule has 0 spiro atoms. The summed E-state index contributed by atoms with van der Waals surface area (Å²) in [5.74, 6) is -0.863. The Morgan fingerprint density at radius 3 is 2.17 bits per heavy atom. The molecule has 0 radical (unpaired) electrons. The fourth-order valence-electron chi connectivity index (χ4n) is 6.77. The number of hydrazine groups is 1. The van der Waals surface area contributed by atoms with E-state index < -0.39 is 47.2 Å². The highest BCUT2D eigenvalue weighted by Gasteiger charge is 2.39. The van der Waals surface area contributed by atoms with E-state index in [1.54, 1.807) is 11.9 Å². The third-order valence-electron chi connectivity index (χ3n) is 9.11. The van der Waals surface area contributed by atoms with E-state index in [0.717, 1.165) is 49.1 Å². The Morgan fingerprint density at radius 2 is 1.61 bits per heavy atom. The zero-order valence-corrected chi connectivity index (χ0v) is 26.2. The van der Waals surface area contributed by atoms with Gasteiger partial charge in [0.25, 0.3) is 0 Å². The molecule has 0 fully saturated rings. The fourth-order valence-corrected chi connectivity index (χ4v) is 6.77. The van der Waals surface area contributed by atoms with Gasteiger partial charge in [0.05, 0.1) is 17.5 Å². The first-order chi connectivity index (χ1) is 21.5. The van der Waals surface area contributed by atoms with E-state index in [2.05, 4.69) is 32.8 Å². The maximum Gasteiger partial charge on any atom is 0.416 e. The van der Waals surface area contributed by atoms with Gasteiger partial charge in [-0.1, -0.05) is 25.1 Å². The second kappa shape index (κ2) is 13.0. The van der Waals surface area contributed by atoms with Crippen LogP contribution in [-0.2, 0) is 36.5 Å². The standard InChI is InChI=1S/C32H40F6N6O2/c1-30(2,18-28(45)46)10-12-43-11-6-9-26(25-15-21-7-4-5-8-22(21)16-27(25)43)44(29-39-41-42(3)40-29)19-20-13-23(31(33,34)35)17-24(14-20)32(36,37)38/h13-17,26,29,40H,4-12,18-19H2,1-3H3,(H,45,46)/t26-,29?/m0/s1. The Balaban J connectivity index is 1.58. The van der Waals surface area contributed by atoms with E-state index in [4.69, 9.17) is 0 Å². The van der Waals surface area contributed by atoms with Gasteiger partial charge in [-0.15, -0.1) is 5.11 Å². The number of hydrogen-bond donors (Lipinski definition) is 2. The van der Waals surface area contributed by atoms with E-state index in [1.165, 1.54) is 16.2 Å². The number of carbonyl (C=O) groups is 1. The van der Waals surface area contributed by atoms with Crippen LogP contribution >= 0.6 is 0 Å². The Hall–Kier alpha value is -3.39. The minimum absolute atomic E-state index is 0.0249. The molecule has 0 aromatic heterocycles. The summed E-state index contributed by atoms with van der Waals surface area (Å²) in [6.07, 6.45) is -4.96. The van der Waals surface area contributed by atoms with Crippen LogP contribution in [0.25, 0.3) is 0 Å². The monoisotopic (exact) mass is 654 g/mol. The lowest BCUT2D eigenvalue weighted by atomic mass is 9.85. The Labute approximate surface area is 264 Å². The number of rotatable bonds is 9. The molecule has 14 heteroatoms. The van der Waals surface area contributed by atoms with Gasteiger partial charge in [0.15, 0.2) is 6.29 Å². The maximum atomic E-state index is 13.8. The first-order valence-corrected chi connectivity index (χ1v) is 15.6. The van der Waals surface area contributed by atoms with Crippen LogP contribution in [0.3, 0.4) is 0 Å². The number of carboxylic acids is 1. The second-order valence-corrected chi connectivity index (χ2v) is 13.3. The van der Waals surface area contributed by atoms with Crippen LogP contribution in [0.4, 0.5) is 32.0 Å². The third-order valence-corrected chi connectivity index (χ3v) is 9.11. The van der Waals surface area contributed by atoms with Crippen LogP contribution in [0, 0.1) is 5.41 Å². The molecule has 8 nitrogen and oxygen atoms in total. The average Bonchev–Trinajstić information content (AvgIpc) is 3.31. The molecule has 2 atom stereocenters. The number of aliphatic carboxylic acids is 1. The van der Waals surface area contributed by atoms with E-state index >= 15 is 0 Å². The number of carboxylic acid groups (broad SMARTS) is 1. The normalized spacial score (nSPS) is 20.6. The Morgan fingerprint density at radius 1 is 0.978 bits per heavy atom. The van der Waals surface area contributed by atoms with E-state index in [1.807, 2.05) is 13.8 Å². The first-order valence-electron chi connectivity index (χ1n) is 15.6. The zero-order valence-electron chi connectivity index (χ0n) is 26.2. The number of fused-ring (bicyclic) bond motifs is 2. The summed E-state index contributed by atoms with van der Waals surface area (Å²) in [5, 5.41) is 19.1. The van der Waals surface area contributed by atoms with Gasteiger partial charge in [0.1, 0.15) is 0 Å². The lowest BCUT2D eigenvalue weighted by Gasteiger charge is -2.37. The maximum absolute atomic E-state index is 13.8. The van der Waals surface area contributed by atoms with Gasteiger partial charge in [-0.3, -0.25) is 9.69 Å². The summed E-state index contributed by atoms with van der Waals surface area (Å²) in [6, 6.07) is 5.63. The van der Waals surface area contributed by atoms with Gasteiger partial charge in [0, 0.05) is 38.4 Å². The molecule has 0 saturated heterocycles. The van der Waals surface area contributed by atoms with Crippen molar-refractivity contribution in [1.29, 1.82) is 0 Å². The molecule has 0 amide bonds. The number of nitrogens with zero attached hydrogens (tertiary/aromatic N) is 5. The highest BCUT2D eigenvalue weighted by atomic mass is 19.4. The van der Waals surface area contributed by atoms with Crippen molar-refractivity contribution < 1.29 is 36.2 Å². The number of benzene rings is 2. The average molecular weight is 655 g/mol. The Kier molecular flexibility index (Phi) is 9.61. The van der Waals surface area contributed by atoms with Crippen molar-refractivity contribution in [3.63, 3.8) is 0 Å². The van der Waals surface area contributed by atoms with Crippen LogP contribution in [0.1, 0.15) is 91.8 Å². The summed E-state index contributed by atoms with van der Waals surface area (Å²) in [4.78, 5) is 15.5. The highest BCUT2D eigenvalue weighted by molar-refractivity contribution is 5.67. The van der Waals surface area contributed by atoms with Crippen LogP contribution in [0.2, 0.25) is 0 Å². The molecule has 2 aromatic rings. The van der Waals surface area contributed by atoms with Crippen molar-refractivity contribution in [2.45, 2.75) is 96.4 Å². The van der Waals surface area contributed by atoms with Crippen molar-refractivity contribution in [2.24, 2.45) is 15.8 Å². The number of halogens is 6. The molecule has 0 bridgehead atoms. The number of nitrogens with one attached hydrogen (secondary N) is 1. The molecule has 0 saturated carbocycles. The molecule has 46 heavy (non-hydrogen) atoms. The van der Waals surface area contributed by atoms with Gasteiger partial charge in [0.2, 0.25) is 0 Å². The number of aryl methyl sites for hydroxylation is 2. The molecule has 2 heterocycles. The van der Waals surface area contributed by atoms with Crippen LogP contribution in [0.15, 0.2) is 40.7 Å². The van der Waals surface area contributed by atoms with Crippen molar-refractivity contribution in [1.82, 2.24) is 15.4 Å². The minimum atomic E-state index is -4.96. The second-order valence-electron chi connectivity index (χ2n) is 13.3. The van der Waals surface area contributed by atoms with Gasteiger partial charge in [-0.05, 0) is 96.9 Å². The highest BCUT2D eigenvalue weighted by Crippen LogP contribution is 2.43. The quantitative estimate of drug-likeness (QED) is 0.269. The van der Waals surface area contributed by atoms with Crippen LogP contribution in [-0.4, -0.2) is 47.5 Å². The summed E-state index contributed by atoms with van der Waals surface area (Å²) in [5.41, 5.74) is 4.08. The number of alkyl halides is 6. The summed E-state index contributed by atoms with van der Waals surface area (Å²) in [7, 11) is 1.62. The van der Waals surface area contributed by atoms with Crippen LogP contribution in [0.5, 0.6) is 0 Å². The lowest BCUT2D eigenvalue weighted by Crippen LogP contribution is -2.46. The van der Waals surface area contributed by atoms with Crippen molar-refractivity contribution in [3.05, 3.63) is 63.7 Å². The van der Waals surface area contributed by atoms with Crippen molar-refractivity contribution in [2.75, 3.05) is 25.0 Å². The lowest BCUT2D eigenvalue weighted by molar-refractivity contribution is -0.143. The number of hydrogen-bond acceptors (Lipinski definition) is 7. The van der Waals surface area contributed by atoms with E-state index in [-0.39, 0.29) is 24.6 Å². The smallest absolute Gasteiger partial charge is 0.416 e. The molecule has 252 valence electrons. The Bertz CT molecular complexity index is 1430. The molecule has 1 aliphatic carbocycles. The molecule has 3 aliphatic rings. The van der Waals surface area contributed by atoms with E-state index in [9.17, 15) is 36.2 Å². The molecule has 2 aliphatic heterocycles. The molecule has 2 N–H and O–H groups in total. The fraction of sp³-hybridized carbons (Fsp3) is 0.594. The largest absolute Gasteiger partial charge is 0.481 e. The van der Waals surface area contributed by atoms with E-state index in [0.29, 0.717) is 32.4 Å². The number of anilines is 1. The molecule has 5 rings (SSSR count). The molecule has 2 aromatic carbocycles. The summed E-state index contributed by atoms with van der Waals surface area (Å²) < 4.78 is 82.7. The van der Waals surface area contributed by atoms with Gasteiger partial charge >= 0.3 is 18.3 Å². The zero-order chi connectivity index (χ0) is 33.4. The topological polar surface area (TPSA) is 83.8 Å². The molecular formula is C32H40F6N6O2. The summed E-state index contributed by atoms with van der Waals surface area (Å²) >= 11 is 0. The molecule has 1 unspecified atom stereocenters. The predicted molar refractivity (Wildman–Crippen MR) is 159 cm³/mol. The van der Waals surface area contributed by atoms with Crippen molar-refractivity contribution in [3.8, 4) is 0 Å². The van der Waals surface area contributed by atoms with Gasteiger partial charge < -0.3 is 10.0 Å². The molecular weight excluding hydrogens is 614 g/mol.